The third-order valence-corrected chi connectivity index (χ3v) is 5.23. The zero-order chi connectivity index (χ0) is 13.4. The molecule has 1 aromatic carbocycles. The number of halogens is 2. The van der Waals surface area contributed by atoms with Crippen molar-refractivity contribution in [2.24, 2.45) is 0 Å². The van der Waals surface area contributed by atoms with Gasteiger partial charge in [-0.1, -0.05) is 82.3 Å². The molecule has 0 aliphatic heterocycles. The fourth-order valence-electron chi connectivity index (χ4n) is 1.84. The lowest BCUT2D eigenvalue weighted by molar-refractivity contribution is 0.0997. The van der Waals surface area contributed by atoms with Crippen LogP contribution in [0, 0.1) is 0 Å². The molecular formula is C15H20Br2O. The first kappa shape index (κ1) is 15.9. The van der Waals surface area contributed by atoms with Gasteiger partial charge in [0.1, 0.15) is 0 Å². The highest BCUT2D eigenvalue weighted by Crippen LogP contribution is 2.15. The van der Waals surface area contributed by atoms with Gasteiger partial charge in [0, 0.05) is 10.9 Å². The summed E-state index contributed by atoms with van der Waals surface area (Å²) in [5.41, 5.74) is 2.11. The van der Waals surface area contributed by atoms with E-state index in [2.05, 4.69) is 50.9 Å². The summed E-state index contributed by atoms with van der Waals surface area (Å²) in [4.78, 5) is 11.8. The first-order valence-electron chi connectivity index (χ1n) is 6.52. The predicted molar refractivity (Wildman–Crippen MR) is 85.1 cm³/mol. The van der Waals surface area contributed by atoms with Crippen LogP contribution in [0.1, 0.15) is 48.5 Å². The van der Waals surface area contributed by atoms with Crippen LogP contribution < -0.4 is 0 Å². The Morgan fingerprint density at radius 2 is 1.83 bits per heavy atom. The molecule has 1 aromatic rings. The number of hydrogen-bond donors (Lipinski definition) is 0. The topological polar surface area (TPSA) is 17.1 Å². The molecule has 0 radical (unpaired) electrons. The Morgan fingerprint density at radius 1 is 1.17 bits per heavy atom. The molecule has 1 rings (SSSR count). The van der Waals surface area contributed by atoms with Gasteiger partial charge in [0.2, 0.25) is 0 Å². The maximum Gasteiger partial charge on any atom is 0.177 e. The molecule has 1 atom stereocenters. The van der Waals surface area contributed by atoms with Crippen LogP contribution in [-0.4, -0.2) is 15.9 Å². The molecule has 1 nitrogen and oxygen atoms in total. The van der Waals surface area contributed by atoms with Crippen molar-refractivity contribution in [3.05, 3.63) is 35.4 Å². The van der Waals surface area contributed by atoms with Gasteiger partial charge in [-0.05, 0) is 18.4 Å². The summed E-state index contributed by atoms with van der Waals surface area (Å²) in [5, 5.41) is 0.643. The lowest BCUT2D eigenvalue weighted by Gasteiger charge is -2.06. The van der Waals surface area contributed by atoms with E-state index in [1.54, 1.807) is 0 Å². The fourth-order valence-corrected chi connectivity index (χ4v) is 2.40. The van der Waals surface area contributed by atoms with Gasteiger partial charge in [-0.3, -0.25) is 4.79 Å². The van der Waals surface area contributed by atoms with Gasteiger partial charge in [0.05, 0.1) is 4.83 Å². The minimum absolute atomic E-state index is 0.132. The molecule has 0 bridgehead atoms. The number of alkyl halides is 2. The van der Waals surface area contributed by atoms with Crippen molar-refractivity contribution in [2.75, 3.05) is 5.33 Å². The second-order valence-corrected chi connectivity index (χ2v) is 6.25. The Bertz CT molecular complexity index is 359. The Hall–Kier alpha value is -0.150. The van der Waals surface area contributed by atoms with Crippen molar-refractivity contribution in [3.8, 4) is 0 Å². The van der Waals surface area contributed by atoms with Crippen molar-refractivity contribution in [2.45, 2.75) is 43.9 Å². The van der Waals surface area contributed by atoms with Gasteiger partial charge in [0.15, 0.2) is 5.78 Å². The molecule has 3 heteroatoms. The number of ketones is 1. The first-order chi connectivity index (χ1) is 8.69. The summed E-state index contributed by atoms with van der Waals surface area (Å²) >= 11 is 6.67. The second kappa shape index (κ2) is 8.87. The minimum Gasteiger partial charge on any atom is -0.293 e. The molecule has 0 saturated carbocycles. The predicted octanol–water partition coefficient (Wildman–Crippen LogP) is 5.15. The largest absolute Gasteiger partial charge is 0.293 e. The van der Waals surface area contributed by atoms with E-state index in [-0.39, 0.29) is 10.6 Å². The highest BCUT2D eigenvalue weighted by molar-refractivity contribution is 9.12. The quantitative estimate of drug-likeness (QED) is 0.348. The summed E-state index contributed by atoms with van der Waals surface area (Å²) in [6.45, 7) is 2.22. The van der Waals surface area contributed by atoms with Gasteiger partial charge in [0.25, 0.3) is 0 Å². The molecule has 1 unspecified atom stereocenters. The molecule has 0 aliphatic rings. The summed E-state index contributed by atoms with van der Waals surface area (Å²) in [5.74, 6) is 0.143. The van der Waals surface area contributed by atoms with Crippen LogP contribution in [0.15, 0.2) is 24.3 Å². The summed E-state index contributed by atoms with van der Waals surface area (Å²) in [7, 11) is 0. The van der Waals surface area contributed by atoms with E-state index in [9.17, 15) is 4.79 Å². The lowest BCUT2D eigenvalue weighted by atomic mass is 10.0. The highest BCUT2D eigenvalue weighted by Gasteiger charge is 2.14. The normalized spacial score (nSPS) is 12.4. The van der Waals surface area contributed by atoms with E-state index in [0.717, 1.165) is 12.0 Å². The van der Waals surface area contributed by atoms with Crippen molar-refractivity contribution >= 4 is 37.6 Å². The summed E-state index contributed by atoms with van der Waals surface area (Å²) in [6.07, 6.45) is 6.23. The smallest absolute Gasteiger partial charge is 0.177 e. The summed E-state index contributed by atoms with van der Waals surface area (Å²) < 4.78 is 0. The second-order valence-electron chi connectivity index (χ2n) is 4.49. The summed E-state index contributed by atoms with van der Waals surface area (Å²) in [6, 6.07) is 8.03. The molecule has 0 saturated heterocycles. The zero-order valence-corrected chi connectivity index (χ0v) is 14.0. The average molecular weight is 376 g/mol. The molecule has 100 valence electrons. The van der Waals surface area contributed by atoms with E-state index in [4.69, 9.17) is 0 Å². The highest BCUT2D eigenvalue weighted by atomic mass is 79.9. The van der Waals surface area contributed by atoms with Crippen molar-refractivity contribution < 1.29 is 4.79 Å². The van der Waals surface area contributed by atoms with Crippen LogP contribution >= 0.6 is 31.9 Å². The van der Waals surface area contributed by atoms with E-state index in [1.165, 1.54) is 31.2 Å². The molecule has 0 heterocycles. The number of rotatable bonds is 8. The van der Waals surface area contributed by atoms with Crippen molar-refractivity contribution in [1.29, 1.82) is 0 Å². The van der Waals surface area contributed by atoms with Crippen molar-refractivity contribution in [3.63, 3.8) is 0 Å². The number of unbranched alkanes of at least 4 members (excludes halogenated alkanes) is 3. The van der Waals surface area contributed by atoms with Gasteiger partial charge in [-0.25, -0.2) is 0 Å². The molecule has 0 spiro atoms. The van der Waals surface area contributed by atoms with Crippen LogP contribution in [-0.2, 0) is 6.42 Å². The molecule has 0 N–H and O–H groups in total. The first-order valence-corrected chi connectivity index (χ1v) is 8.56. The van der Waals surface area contributed by atoms with E-state index >= 15 is 0 Å². The molecule has 0 aromatic heterocycles. The standard InChI is InChI=1S/C15H20Br2O/c1-2-3-4-5-6-12-7-9-13(10-8-12)15(18)14(17)11-16/h7-10,14H,2-6,11H2,1H3. The monoisotopic (exact) mass is 374 g/mol. The molecule has 0 fully saturated rings. The van der Waals surface area contributed by atoms with Gasteiger partial charge in [-0.2, -0.15) is 0 Å². The number of hydrogen-bond acceptors (Lipinski definition) is 1. The zero-order valence-electron chi connectivity index (χ0n) is 10.8. The van der Waals surface area contributed by atoms with E-state index in [0.29, 0.717) is 5.33 Å². The number of benzene rings is 1. The Kier molecular flexibility index (Phi) is 7.84. The van der Waals surface area contributed by atoms with Gasteiger partial charge < -0.3 is 0 Å². The Labute approximate surface area is 127 Å². The number of carbonyl (C=O) groups is 1. The minimum atomic E-state index is -0.132. The lowest BCUT2D eigenvalue weighted by Crippen LogP contribution is -2.15. The maximum atomic E-state index is 11.9. The Balaban J connectivity index is 2.49. The Morgan fingerprint density at radius 3 is 2.39 bits per heavy atom. The fraction of sp³-hybridized carbons (Fsp3) is 0.533. The third kappa shape index (κ3) is 5.23. The molecule has 0 aliphatic carbocycles. The van der Waals surface area contributed by atoms with Crippen LogP contribution in [0.5, 0.6) is 0 Å². The molecule has 18 heavy (non-hydrogen) atoms. The van der Waals surface area contributed by atoms with Crippen LogP contribution in [0.4, 0.5) is 0 Å². The maximum absolute atomic E-state index is 11.9. The van der Waals surface area contributed by atoms with Gasteiger partial charge >= 0.3 is 0 Å². The van der Waals surface area contributed by atoms with Crippen LogP contribution in [0.2, 0.25) is 0 Å². The van der Waals surface area contributed by atoms with Crippen molar-refractivity contribution in [1.82, 2.24) is 0 Å². The van der Waals surface area contributed by atoms with Crippen LogP contribution in [0.3, 0.4) is 0 Å². The van der Waals surface area contributed by atoms with Crippen LogP contribution in [0.25, 0.3) is 0 Å². The SMILES string of the molecule is CCCCCCc1ccc(C(=O)C(Br)CBr)cc1. The number of carbonyl (C=O) groups excluding carboxylic acids is 1. The molecular weight excluding hydrogens is 356 g/mol. The number of aryl methyl sites for hydroxylation is 1. The van der Waals surface area contributed by atoms with E-state index < -0.39 is 0 Å². The number of Topliss-reactive ketones (excluding diaryl/α,β-unsaturated/α-hetero) is 1. The molecule has 0 amide bonds. The van der Waals surface area contributed by atoms with E-state index in [1.807, 2.05) is 12.1 Å². The van der Waals surface area contributed by atoms with Gasteiger partial charge in [-0.15, -0.1) is 0 Å². The average Bonchev–Trinajstić information content (AvgIpc) is 2.42. The third-order valence-electron chi connectivity index (χ3n) is 2.98.